The van der Waals surface area contributed by atoms with Crippen molar-refractivity contribution in [2.75, 3.05) is 6.54 Å². The van der Waals surface area contributed by atoms with Gasteiger partial charge in [0.2, 0.25) is 0 Å². The fraction of sp³-hybridized carbons (Fsp3) is 0.600. The first-order valence-corrected chi connectivity index (χ1v) is 6.86. The van der Waals surface area contributed by atoms with Crippen LogP contribution in [0.3, 0.4) is 0 Å². The number of hydrogen-bond donors (Lipinski definition) is 2. The quantitative estimate of drug-likeness (QED) is 0.863. The van der Waals surface area contributed by atoms with E-state index in [4.69, 9.17) is 5.73 Å². The average molecular weight is 248 g/mol. The van der Waals surface area contributed by atoms with Gasteiger partial charge in [0.15, 0.2) is 0 Å². The molecule has 100 valence electrons. The largest absolute Gasteiger partial charge is 0.508 e. The second-order valence-corrected chi connectivity index (χ2v) is 5.47. The van der Waals surface area contributed by atoms with E-state index in [0.717, 1.165) is 12.1 Å². The van der Waals surface area contributed by atoms with Crippen molar-refractivity contribution in [3.05, 3.63) is 29.3 Å². The van der Waals surface area contributed by atoms with Crippen LogP contribution in [0.5, 0.6) is 5.75 Å². The van der Waals surface area contributed by atoms with Crippen LogP contribution >= 0.6 is 0 Å². The molecule has 0 aliphatic carbocycles. The summed E-state index contributed by atoms with van der Waals surface area (Å²) in [6.45, 7) is 5.82. The van der Waals surface area contributed by atoms with Gasteiger partial charge in [0.1, 0.15) is 5.75 Å². The standard InChI is InChI=1S/C15H24N2O/c1-11-6-7-15(18)13(8-11)10-17-12(2)4-3-5-14(17)9-16/h6-8,12,14,18H,3-5,9-10,16H2,1-2H3. The molecule has 2 unspecified atom stereocenters. The molecule has 1 aliphatic rings. The van der Waals surface area contributed by atoms with Crippen molar-refractivity contribution in [2.45, 2.75) is 51.7 Å². The molecule has 0 radical (unpaired) electrons. The van der Waals surface area contributed by atoms with Crippen LogP contribution in [0.2, 0.25) is 0 Å². The lowest BCUT2D eigenvalue weighted by Gasteiger charge is -2.40. The van der Waals surface area contributed by atoms with Crippen molar-refractivity contribution in [3.63, 3.8) is 0 Å². The molecular weight excluding hydrogens is 224 g/mol. The molecule has 1 aliphatic heterocycles. The van der Waals surface area contributed by atoms with Gasteiger partial charge in [-0.3, -0.25) is 4.90 Å². The number of aryl methyl sites for hydroxylation is 1. The molecule has 1 aromatic carbocycles. The topological polar surface area (TPSA) is 49.5 Å². The molecule has 2 atom stereocenters. The first kappa shape index (κ1) is 13.4. The second-order valence-electron chi connectivity index (χ2n) is 5.47. The molecule has 1 heterocycles. The third-order valence-corrected chi connectivity index (χ3v) is 4.05. The van der Waals surface area contributed by atoms with E-state index in [1.807, 2.05) is 6.07 Å². The lowest BCUT2D eigenvalue weighted by atomic mass is 9.95. The Kier molecular flexibility index (Phi) is 4.25. The van der Waals surface area contributed by atoms with Gasteiger partial charge >= 0.3 is 0 Å². The lowest BCUT2D eigenvalue weighted by Crippen LogP contribution is -2.48. The van der Waals surface area contributed by atoms with Gasteiger partial charge in [-0.1, -0.05) is 24.1 Å². The highest BCUT2D eigenvalue weighted by Gasteiger charge is 2.27. The Morgan fingerprint density at radius 1 is 1.39 bits per heavy atom. The third kappa shape index (κ3) is 2.85. The van der Waals surface area contributed by atoms with Crippen LogP contribution in [0.1, 0.15) is 37.3 Å². The molecule has 2 rings (SSSR count). The number of piperidine rings is 1. The predicted molar refractivity (Wildman–Crippen MR) is 74.5 cm³/mol. The number of rotatable bonds is 3. The Balaban J connectivity index is 2.17. The molecule has 1 aromatic rings. The fourth-order valence-corrected chi connectivity index (χ4v) is 2.92. The summed E-state index contributed by atoms with van der Waals surface area (Å²) in [7, 11) is 0. The first-order chi connectivity index (χ1) is 8.61. The van der Waals surface area contributed by atoms with Crippen molar-refractivity contribution < 1.29 is 5.11 Å². The Morgan fingerprint density at radius 3 is 2.89 bits per heavy atom. The maximum Gasteiger partial charge on any atom is 0.120 e. The highest BCUT2D eigenvalue weighted by Crippen LogP contribution is 2.27. The number of phenolic OH excluding ortho intramolecular Hbond substituents is 1. The highest BCUT2D eigenvalue weighted by molar-refractivity contribution is 5.35. The zero-order valence-electron chi connectivity index (χ0n) is 11.4. The highest BCUT2D eigenvalue weighted by atomic mass is 16.3. The van der Waals surface area contributed by atoms with Crippen LogP contribution < -0.4 is 5.73 Å². The smallest absolute Gasteiger partial charge is 0.120 e. The van der Waals surface area contributed by atoms with Gasteiger partial charge < -0.3 is 10.8 Å². The average Bonchev–Trinajstić information content (AvgIpc) is 2.36. The maximum absolute atomic E-state index is 9.95. The van der Waals surface area contributed by atoms with Gasteiger partial charge in [-0.2, -0.15) is 0 Å². The number of benzene rings is 1. The van der Waals surface area contributed by atoms with E-state index >= 15 is 0 Å². The summed E-state index contributed by atoms with van der Waals surface area (Å²) in [5, 5.41) is 9.95. The first-order valence-electron chi connectivity index (χ1n) is 6.86. The van der Waals surface area contributed by atoms with Crippen LogP contribution in [-0.2, 0) is 6.54 Å². The van der Waals surface area contributed by atoms with Crippen molar-refractivity contribution >= 4 is 0 Å². The maximum atomic E-state index is 9.95. The molecule has 1 fully saturated rings. The van der Waals surface area contributed by atoms with Crippen molar-refractivity contribution in [2.24, 2.45) is 5.73 Å². The SMILES string of the molecule is Cc1ccc(O)c(CN2C(C)CCCC2CN)c1. The fourth-order valence-electron chi connectivity index (χ4n) is 2.92. The Morgan fingerprint density at radius 2 is 2.17 bits per heavy atom. The summed E-state index contributed by atoms with van der Waals surface area (Å²) < 4.78 is 0. The molecule has 3 heteroatoms. The summed E-state index contributed by atoms with van der Waals surface area (Å²) in [5.74, 6) is 0.397. The van der Waals surface area contributed by atoms with Gasteiger partial charge in [0.25, 0.3) is 0 Å². The van der Waals surface area contributed by atoms with E-state index in [-0.39, 0.29) is 0 Å². The van der Waals surface area contributed by atoms with Crippen LogP contribution in [0.15, 0.2) is 18.2 Å². The summed E-state index contributed by atoms with van der Waals surface area (Å²) in [6.07, 6.45) is 3.66. The summed E-state index contributed by atoms with van der Waals surface area (Å²) in [4.78, 5) is 2.44. The molecule has 0 spiro atoms. The lowest BCUT2D eigenvalue weighted by molar-refractivity contribution is 0.0883. The van der Waals surface area contributed by atoms with Gasteiger partial charge in [0.05, 0.1) is 0 Å². The van der Waals surface area contributed by atoms with Crippen molar-refractivity contribution in [1.82, 2.24) is 4.90 Å². The van der Waals surface area contributed by atoms with E-state index < -0.39 is 0 Å². The molecule has 1 saturated heterocycles. The molecule has 0 bridgehead atoms. The number of phenols is 1. The monoisotopic (exact) mass is 248 g/mol. The normalized spacial score (nSPS) is 25.3. The van der Waals surface area contributed by atoms with Crippen LogP contribution in [-0.4, -0.2) is 28.6 Å². The summed E-state index contributed by atoms with van der Waals surface area (Å²) >= 11 is 0. The minimum atomic E-state index is 0.397. The van der Waals surface area contributed by atoms with E-state index in [2.05, 4.69) is 24.8 Å². The Labute approximate surface area is 110 Å². The van der Waals surface area contributed by atoms with Gasteiger partial charge in [-0.15, -0.1) is 0 Å². The van der Waals surface area contributed by atoms with Crippen molar-refractivity contribution in [3.8, 4) is 5.75 Å². The van der Waals surface area contributed by atoms with Crippen molar-refractivity contribution in [1.29, 1.82) is 0 Å². The number of hydrogen-bond acceptors (Lipinski definition) is 3. The molecule has 0 aromatic heterocycles. The molecular formula is C15H24N2O. The summed E-state index contributed by atoms with van der Waals surface area (Å²) in [6, 6.07) is 6.81. The Hall–Kier alpha value is -1.06. The Bertz CT molecular complexity index is 405. The van der Waals surface area contributed by atoms with Gasteiger partial charge in [-0.05, 0) is 32.8 Å². The van der Waals surface area contributed by atoms with Crippen LogP contribution in [0, 0.1) is 6.92 Å². The van der Waals surface area contributed by atoms with E-state index in [1.54, 1.807) is 6.07 Å². The number of aromatic hydroxyl groups is 1. The molecule has 0 saturated carbocycles. The van der Waals surface area contributed by atoms with Gasteiger partial charge in [0, 0.05) is 30.7 Å². The third-order valence-electron chi connectivity index (χ3n) is 4.05. The van der Waals surface area contributed by atoms with E-state index in [9.17, 15) is 5.11 Å². The number of likely N-dealkylation sites (tertiary alicyclic amines) is 1. The van der Waals surface area contributed by atoms with E-state index in [1.165, 1.54) is 24.8 Å². The minimum Gasteiger partial charge on any atom is -0.508 e. The molecule has 3 nitrogen and oxygen atoms in total. The number of nitrogens with two attached hydrogens (primary N) is 1. The van der Waals surface area contributed by atoms with Gasteiger partial charge in [-0.25, -0.2) is 0 Å². The molecule has 18 heavy (non-hydrogen) atoms. The minimum absolute atomic E-state index is 0.397. The zero-order valence-corrected chi connectivity index (χ0v) is 11.4. The molecule has 3 N–H and O–H groups in total. The van der Waals surface area contributed by atoms with E-state index in [0.29, 0.717) is 24.4 Å². The van der Waals surface area contributed by atoms with Crippen LogP contribution in [0.4, 0.5) is 0 Å². The number of nitrogens with zero attached hydrogens (tertiary/aromatic N) is 1. The second kappa shape index (κ2) is 5.72. The van der Waals surface area contributed by atoms with Crippen LogP contribution in [0.25, 0.3) is 0 Å². The molecule has 0 amide bonds. The summed E-state index contributed by atoms with van der Waals surface area (Å²) in [5.41, 5.74) is 8.08. The zero-order chi connectivity index (χ0) is 13.1. The predicted octanol–water partition coefficient (Wildman–Crippen LogP) is 2.40.